The molecule has 0 fully saturated rings. The molecule has 0 saturated heterocycles. The molecule has 0 heterocycles. The van der Waals surface area contributed by atoms with E-state index in [9.17, 15) is 4.79 Å². The highest BCUT2D eigenvalue weighted by atomic mass is 28.3. The van der Waals surface area contributed by atoms with E-state index in [4.69, 9.17) is 4.74 Å². The summed E-state index contributed by atoms with van der Waals surface area (Å²) in [7, 11) is -0.970. The molecule has 0 bridgehead atoms. The maximum absolute atomic E-state index is 11.5. The van der Waals surface area contributed by atoms with Crippen molar-refractivity contribution in [2.24, 2.45) is 11.8 Å². The molecule has 0 aromatic carbocycles. The second kappa shape index (κ2) is 6.31. The van der Waals surface area contributed by atoms with Crippen molar-refractivity contribution in [1.29, 1.82) is 0 Å². The monoisotopic (exact) mass is 230 g/mol. The SMILES string of the molecule is CC(C)C(C)C(=O)OCCC[Si](C)(C)C. The van der Waals surface area contributed by atoms with Gasteiger partial charge in [0.05, 0.1) is 12.5 Å². The Kier molecular flexibility index (Phi) is 6.18. The Morgan fingerprint density at radius 2 is 1.73 bits per heavy atom. The predicted molar refractivity (Wildman–Crippen MR) is 67.7 cm³/mol. The van der Waals surface area contributed by atoms with Crippen molar-refractivity contribution in [3.8, 4) is 0 Å². The first kappa shape index (κ1) is 14.7. The van der Waals surface area contributed by atoms with Gasteiger partial charge in [-0.2, -0.15) is 0 Å². The fourth-order valence-electron chi connectivity index (χ4n) is 1.18. The summed E-state index contributed by atoms with van der Waals surface area (Å²) >= 11 is 0. The van der Waals surface area contributed by atoms with Gasteiger partial charge in [0, 0.05) is 8.07 Å². The van der Waals surface area contributed by atoms with Crippen LogP contribution in [0.15, 0.2) is 0 Å². The molecule has 0 amide bonds. The largest absolute Gasteiger partial charge is 0.465 e. The first-order chi connectivity index (χ1) is 6.74. The average Bonchev–Trinajstić information content (AvgIpc) is 2.09. The van der Waals surface area contributed by atoms with Gasteiger partial charge in [0.25, 0.3) is 0 Å². The van der Waals surface area contributed by atoms with Gasteiger partial charge in [0.2, 0.25) is 0 Å². The van der Waals surface area contributed by atoms with Crippen LogP contribution in [0.5, 0.6) is 0 Å². The third-order valence-electron chi connectivity index (χ3n) is 2.69. The van der Waals surface area contributed by atoms with Crippen LogP contribution in [-0.4, -0.2) is 20.7 Å². The lowest BCUT2D eigenvalue weighted by atomic mass is 9.99. The molecule has 0 rings (SSSR count). The van der Waals surface area contributed by atoms with Crippen LogP contribution in [-0.2, 0) is 9.53 Å². The van der Waals surface area contributed by atoms with E-state index in [1.54, 1.807) is 0 Å². The van der Waals surface area contributed by atoms with E-state index in [-0.39, 0.29) is 11.9 Å². The summed E-state index contributed by atoms with van der Waals surface area (Å²) in [6, 6.07) is 1.23. The van der Waals surface area contributed by atoms with E-state index in [1.165, 1.54) is 6.04 Å². The maximum atomic E-state index is 11.5. The number of hydrogen-bond acceptors (Lipinski definition) is 2. The molecule has 3 heteroatoms. The van der Waals surface area contributed by atoms with Gasteiger partial charge in [0.15, 0.2) is 0 Å². The number of ether oxygens (including phenoxy) is 1. The molecule has 0 aliphatic rings. The molecule has 2 nitrogen and oxygen atoms in total. The van der Waals surface area contributed by atoms with Gasteiger partial charge < -0.3 is 4.74 Å². The average molecular weight is 230 g/mol. The molecule has 1 atom stereocenters. The highest BCUT2D eigenvalue weighted by Gasteiger charge is 2.18. The normalized spacial score (nSPS) is 14.1. The Hall–Kier alpha value is -0.313. The quantitative estimate of drug-likeness (QED) is 0.396. The van der Waals surface area contributed by atoms with E-state index in [0.29, 0.717) is 12.5 Å². The Morgan fingerprint density at radius 1 is 1.20 bits per heavy atom. The molecule has 1 unspecified atom stereocenters. The Morgan fingerprint density at radius 3 is 2.13 bits per heavy atom. The summed E-state index contributed by atoms with van der Waals surface area (Å²) in [5.41, 5.74) is 0. The van der Waals surface area contributed by atoms with E-state index in [1.807, 2.05) is 20.8 Å². The highest BCUT2D eigenvalue weighted by Crippen LogP contribution is 2.13. The standard InChI is InChI=1S/C12H26O2Si/c1-10(2)11(3)12(13)14-8-7-9-15(4,5)6/h10-11H,7-9H2,1-6H3. The van der Waals surface area contributed by atoms with Crippen molar-refractivity contribution in [3.05, 3.63) is 0 Å². The number of esters is 1. The molecular weight excluding hydrogens is 204 g/mol. The number of hydrogen-bond donors (Lipinski definition) is 0. The number of rotatable bonds is 6. The van der Waals surface area contributed by atoms with Crippen LogP contribution in [0, 0.1) is 11.8 Å². The van der Waals surface area contributed by atoms with Crippen LogP contribution in [0.25, 0.3) is 0 Å². The van der Waals surface area contributed by atoms with Crippen molar-refractivity contribution in [2.45, 2.75) is 52.9 Å². The fourth-order valence-corrected chi connectivity index (χ4v) is 2.38. The van der Waals surface area contributed by atoms with Crippen molar-refractivity contribution in [3.63, 3.8) is 0 Å². The summed E-state index contributed by atoms with van der Waals surface area (Å²) in [6.07, 6.45) is 1.02. The van der Waals surface area contributed by atoms with Gasteiger partial charge in [-0.3, -0.25) is 4.79 Å². The summed E-state index contributed by atoms with van der Waals surface area (Å²) in [5.74, 6) is 0.354. The van der Waals surface area contributed by atoms with Crippen LogP contribution in [0.4, 0.5) is 0 Å². The first-order valence-electron chi connectivity index (χ1n) is 5.90. The van der Waals surface area contributed by atoms with Gasteiger partial charge in [-0.15, -0.1) is 0 Å². The first-order valence-corrected chi connectivity index (χ1v) is 9.61. The van der Waals surface area contributed by atoms with Crippen LogP contribution < -0.4 is 0 Å². The van der Waals surface area contributed by atoms with Crippen LogP contribution >= 0.6 is 0 Å². The molecule has 0 aromatic rings. The van der Waals surface area contributed by atoms with Gasteiger partial charge in [-0.05, 0) is 12.3 Å². The number of carbonyl (C=O) groups is 1. The van der Waals surface area contributed by atoms with Gasteiger partial charge in [-0.25, -0.2) is 0 Å². The minimum absolute atomic E-state index is 0.0249. The molecule has 0 aromatic heterocycles. The molecular formula is C12H26O2Si. The molecule has 0 aliphatic heterocycles. The second-order valence-electron chi connectivity index (χ2n) is 5.86. The number of carbonyl (C=O) groups excluding carboxylic acids is 1. The molecule has 0 N–H and O–H groups in total. The van der Waals surface area contributed by atoms with E-state index < -0.39 is 8.07 Å². The lowest BCUT2D eigenvalue weighted by Crippen LogP contribution is -2.22. The smallest absolute Gasteiger partial charge is 0.308 e. The van der Waals surface area contributed by atoms with Gasteiger partial charge in [0.1, 0.15) is 0 Å². The fraction of sp³-hybridized carbons (Fsp3) is 0.917. The van der Waals surface area contributed by atoms with Gasteiger partial charge in [-0.1, -0.05) is 46.5 Å². The lowest BCUT2D eigenvalue weighted by Gasteiger charge is -2.17. The van der Waals surface area contributed by atoms with E-state index >= 15 is 0 Å². The summed E-state index contributed by atoms with van der Waals surface area (Å²) < 4.78 is 5.24. The minimum Gasteiger partial charge on any atom is -0.465 e. The zero-order valence-electron chi connectivity index (χ0n) is 11.1. The van der Waals surface area contributed by atoms with Crippen molar-refractivity contribution < 1.29 is 9.53 Å². The Labute approximate surface area is 95.4 Å². The molecule has 0 radical (unpaired) electrons. The molecule has 15 heavy (non-hydrogen) atoms. The Balaban J connectivity index is 3.65. The minimum atomic E-state index is -0.970. The molecule has 0 saturated carbocycles. The third kappa shape index (κ3) is 7.60. The third-order valence-corrected chi connectivity index (χ3v) is 4.54. The van der Waals surface area contributed by atoms with Gasteiger partial charge >= 0.3 is 5.97 Å². The zero-order valence-corrected chi connectivity index (χ0v) is 12.1. The van der Waals surface area contributed by atoms with Crippen LogP contribution in [0.3, 0.4) is 0 Å². The molecule has 0 aliphatic carbocycles. The summed E-state index contributed by atoms with van der Waals surface area (Å²) in [6.45, 7) is 13.6. The molecule has 0 spiro atoms. The van der Waals surface area contributed by atoms with Crippen molar-refractivity contribution in [1.82, 2.24) is 0 Å². The summed E-state index contributed by atoms with van der Waals surface area (Å²) in [4.78, 5) is 11.5. The maximum Gasteiger partial charge on any atom is 0.308 e. The summed E-state index contributed by atoms with van der Waals surface area (Å²) in [5, 5.41) is 0. The highest BCUT2D eigenvalue weighted by molar-refractivity contribution is 6.76. The molecule has 90 valence electrons. The Bertz CT molecular complexity index is 194. The van der Waals surface area contributed by atoms with Crippen LogP contribution in [0.1, 0.15) is 27.2 Å². The zero-order chi connectivity index (χ0) is 12.1. The topological polar surface area (TPSA) is 26.3 Å². The second-order valence-corrected chi connectivity index (χ2v) is 11.5. The van der Waals surface area contributed by atoms with Crippen molar-refractivity contribution >= 4 is 14.0 Å². The van der Waals surface area contributed by atoms with Crippen molar-refractivity contribution in [2.75, 3.05) is 6.61 Å². The predicted octanol–water partition coefficient (Wildman–Crippen LogP) is 3.55. The van der Waals surface area contributed by atoms with Crippen LogP contribution in [0.2, 0.25) is 25.7 Å². The lowest BCUT2D eigenvalue weighted by molar-refractivity contribution is -0.149. The van der Waals surface area contributed by atoms with E-state index in [2.05, 4.69) is 19.6 Å². The van der Waals surface area contributed by atoms with E-state index in [0.717, 1.165) is 6.42 Å².